The first-order valence-electron chi connectivity index (χ1n) is 2.17. The van der Waals surface area contributed by atoms with E-state index in [1.165, 1.54) is 0 Å². The Balaban J connectivity index is 2.96. The van der Waals surface area contributed by atoms with Gasteiger partial charge in [-0.15, -0.1) is 0 Å². The lowest BCUT2D eigenvalue weighted by molar-refractivity contribution is 0.201. The fourth-order valence-corrected chi connectivity index (χ4v) is 1.16. The Labute approximate surface area is 82.8 Å². The first-order valence-corrected chi connectivity index (χ1v) is 4.06. The van der Waals surface area contributed by atoms with Gasteiger partial charge < -0.3 is 4.74 Å². The van der Waals surface area contributed by atoms with Crippen molar-refractivity contribution in [3.63, 3.8) is 0 Å². The molecule has 0 aromatic rings. The maximum Gasteiger partial charge on any atom is 0.296 e. The number of hydrogen-bond donors (Lipinski definition) is 0. The van der Waals surface area contributed by atoms with E-state index in [0.717, 1.165) is 6.26 Å². The Morgan fingerprint density at radius 1 is 1.20 bits per heavy atom. The number of halogens is 5. The van der Waals surface area contributed by atoms with Gasteiger partial charge in [-0.05, 0) is 0 Å². The van der Waals surface area contributed by atoms with Gasteiger partial charge in [-0.1, -0.05) is 58.0 Å². The predicted molar refractivity (Wildman–Crippen MR) is 43.9 cm³/mol. The van der Waals surface area contributed by atoms with Gasteiger partial charge in [-0.25, -0.2) is 0 Å². The molecule has 0 atom stereocenters. The molecule has 58 valence electrons. The van der Waals surface area contributed by atoms with Gasteiger partial charge in [-0.2, -0.15) is 0 Å². The topological polar surface area (TPSA) is 9.23 Å². The van der Waals surface area contributed by atoms with Gasteiger partial charge in [0.2, 0.25) is 4.33 Å². The highest BCUT2D eigenvalue weighted by Crippen LogP contribution is 2.53. The molecule has 0 fully saturated rings. The summed E-state index contributed by atoms with van der Waals surface area (Å²) in [7, 11) is 0. The second-order valence-corrected chi connectivity index (χ2v) is 4.67. The zero-order chi connectivity index (χ0) is 7.99. The molecule has 0 amide bonds. The van der Waals surface area contributed by atoms with Crippen molar-refractivity contribution in [2.75, 3.05) is 0 Å². The Morgan fingerprint density at radius 2 is 1.70 bits per heavy atom. The molecule has 0 bridgehead atoms. The van der Waals surface area contributed by atoms with Crippen LogP contribution in [-0.2, 0) is 4.74 Å². The van der Waals surface area contributed by atoms with E-state index in [2.05, 4.69) is 4.74 Å². The highest BCUT2D eigenvalue weighted by molar-refractivity contribution is 6.66. The fourth-order valence-electron chi connectivity index (χ4n) is 0.413. The summed E-state index contributed by atoms with van der Waals surface area (Å²) in [5.41, 5.74) is 0. The van der Waals surface area contributed by atoms with E-state index in [0.29, 0.717) is 0 Å². The fraction of sp³-hybridized carbons (Fsp3) is 0.500. The highest BCUT2D eigenvalue weighted by Gasteiger charge is 2.56. The first kappa shape index (κ1) is 9.08. The Hall–Kier alpha value is 0.990. The van der Waals surface area contributed by atoms with Crippen LogP contribution in [0.15, 0.2) is 11.3 Å². The molecule has 0 aromatic heterocycles. The van der Waals surface area contributed by atoms with Crippen LogP contribution in [0.5, 0.6) is 0 Å². The molecular weight excluding hydrogens is 241 g/mol. The third-order valence-corrected chi connectivity index (χ3v) is 3.61. The second kappa shape index (κ2) is 2.49. The molecule has 1 aliphatic rings. The normalized spacial score (nSPS) is 27.5. The Morgan fingerprint density at radius 3 is 1.80 bits per heavy atom. The van der Waals surface area contributed by atoms with Crippen molar-refractivity contribution < 1.29 is 4.74 Å². The lowest BCUT2D eigenvalue weighted by atomic mass is 10.4. The first-order chi connectivity index (χ1) is 4.38. The number of ether oxygens (including phenoxy) is 1. The van der Waals surface area contributed by atoms with Gasteiger partial charge in [-0.3, -0.25) is 0 Å². The van der Waals surface area contributed by atoms with Crippen LogP contribution in [0.2, 0.25) is 0 Å². The standard InChI is InChI=1S/C4HCl5O/c5-2-1-10-4(8,9)3(2,6)7/h1H. The van der Waals surface area contributed by atoms with E-state index < -0.39 is 8.85 Å². The van der Waals surface area contributed by atoms with Gasteiger partial charge in [0.15, 0.2) is 0 Å². The highest BCUT2D eigenvalue weighted by atomic mass is 35.5. The van der Waals surface area contributed by atoms with Crippen LogP contribution >= 0.6 is 58.0 Å². The zero-order valence-corrected chi connectivity index (χ0v) is 8.16. The van der Waals surface area contributed by atoms with Crippen LogP contribution in [-0.4, -0.2) is 8.85 Å². The average Bonchev–Trinajstić information content (AvgIpc) is 1.94. The molecule has 0 saturated carbocycles. The molecule has 6 heteroatoms. The van der Waals surface area contributed by atoms with Crippen molar-refractivity contribution in [3.05, 3.63) is 11.3 Å². The largest absolute Gasteiger partial charge is 0.461 e. The molecule has 0 spiro atoms. The third kappa shape index (κ3) is 1.19. The number of rotatable bonds is 0. The van der Waals surface area contributed by atoms with E-state index in [-0.39, 0.29) is 5.03 Å². The van der Waals surface area contributed by atoms with Crippen LogP contribution in [0.1, 0.15) is 0 Å². The van der Waals surface area contributed by atoms with Crippen LogP contribution < -0.4 is 0 Å². The summed E-state index contributed by atoms with van der Waals surface area (Å²) < 4.78 is 1.38. The molecule has 0 saturated heterocycles. The van der Waals surface area contributed by atoms with Gasteiger partial charge >= 0.3 is 0 Å². The summed E-state index contributed by atoms with van der Waals surface area (Å²) in [6.07, 6.45) is 1.11. The molecule has 0 radical (unpaired) electrons. The molecule has 0 aliphatic carbocycles. The lowest BCUT2D eigenvalue weighted by Gasteiger charge is -2.23. The summed E-state index contributed by atoms with van der Waals surface area (Å²) in [4.78, 5) is 0. The molecule has 0 N–H and O–H groups in total. The second-order valence-electron chi connectivity index (χ2n) is 1.67. The zero-order valence-electron chi connectivity index (χ0n) is 4.38. The van der Waals surface area contributed by atoms with Gasteiger partial charge in [0.1, 0.15) is 6.26 Å². The van der Waals surface area contributed by atoms with Crippen molar-refractivity contribution in [2.24, 2.45) is 0 Å². The summed E-state index contributed by atoms with van der Waals surface area (Å²) in [6, 6.07) is 0. The molecule has 1 heterocycles. The molecule has 10 heavy (non-hydrogen) atoms. The molecule has 0 aromatic carbocycles. The van der Waals surface area contributed by atoms with Crippen LogP contribution in [0.25, 0.3) is 0 Å². The van der Waals surface area contributed by atoms with Crippen LogP contribution in [0, 0.1) is 0 Å². The maximum absolute atomic E-state index is 5.59. The maximum atomic E-state index is 5.59. The van der Waals surface area contributed by atoms with Gasteiger partial charge in [0.25, 0.3) is 4.52 Å². The van der Waals surface area contributed by atoms with Gasteiger partial charge in [0, 0.05) is 0 Å². The molecule has 1 nitrogen and oxygen atoms in total. The summed E-state index contributed by atoms with van der Waals surface area (Å²) in [6.45, 7) is 0. The molecular formula is C4HCl5O. The summed E-state index contributed by atoms with van der Waals surface area (Å²) in [5, 5.41) is 0.0702. The smallest absolute Gasteiger partial charge is 0.296 e. The quantitative estimate of drug-likeness (QED) is 0.592. The van der Waals surface area contributed by atoms with Crippen molar-refractivity contribution >= 4 is 58.0 Å². The van der Waals surface area contributed by atoms with E-state index in [1.807, 2.05) is 0 Å². The Bertz CT molecular complexity index is 184. The number of hydrogen-bond acceptors (Lipinski definition) is 1. The van der Waals surface area contributed by atoms with Crippen molar-refractivity contribution in [1.82, 2.24) is 0 Å². The van der Waals surface area contributed by atoms with E-state index >= 15 is 0 Å². The van der Waals surface area contributed by atoms with Crippen LogP contribution in [0.3, 0.4) is 0 Å². The Kier molecular flexibility index (Phi) is 2.27. The minimum atomic E-state index is -1.69. The van der Waals surface area contributed by atoms with E-state index in [4.69, 9.17) is 58.0 Å². The lowest BCUT2D eigenvalue weighted by Crippen LogP contribution is -2.32. The van der Waals surface area contributed by atoms with E-state index in [9.17, 15) is 0 Å². The van der Waals surface area contributed by atoms with Crippen molar-refractivity contribution in [1.29, 1.82) is 0 Å². The van der Waals surface area contributed by atoms with Crippen molar-refractivity contribution in [2.45, 2.75) is 8.85 Å². The average molecular weight is 242 g/mol. The molecule has 1 rings (SSSR count). The van der Waals surface area contributed by atoms with Crippen molar-refractivity contribution in [3.8, 4) is 0 Å². The third-order valence-electron chi connectivity index (χ3n) is 0.976. The van der Waals surface area contributed by atoms with E-state index in [1.54, 1.807) is 0 Å². The molecule has 1 aliphatic heterocycles. The van der Waals surface area contributed by atoms with Gasteiger partial charge in [0.05, 0.1) is 5.03 Å². The minimum absolute atomic E-state index is 0.0702. The monoisotopic (exact) mass is 240 g/mol. The predicted octanol–water partition coefficient (Wildman–Crippen LogP) is 3.40. The molecule has 0 unspecified atom stereocenters. The van der Waals surface area contributed by atoms with Crippen LogP contribution in [0.4, 0.5) is 0 Å². The number of alkyl halides is 4. The SMILES string of the molecule is ClC1=COC(Cl)(Cl)C1(Cl)Cl. The summed E-state index contributed by atoms with van der Waals surface area (Å²) in [5.74, 6) is 0. The minimum Gasteiger partial charge on any atom is -0.461 e. The summed E-state index contributed by atoms with van der Waals surface area (Å²) >= 11 is 27.7.